The first-order valence-corrected chi connectivity index (χ1v) is 6.06. The molecule has 1 atom stereocenters. The van der Waals surface area contributed by atoms with Crippen LogP contribution < -0.4 is 11.1 Å². The standard InChI is InChI=1S/C8H12N4O4S/c1-17-3-2-4(8(14)15)10-7(13)5-6(9)12-16-11-5/h4H,2-3H2,1H3,(H2,9,12)(H,10,13)(H,14,15)/t4-/m1/s1. The Morgan fingerprint density at radius 2 is 2.29 bits per heavy atom. The summed E-state index contributed by atoms with van der Waals surface area (Å²) in [6.45, 7) is 0. The lowest BCUT2D eigenvalue weighted by atomic mass is 10.2. The van der Waals surface area contributed by atoms with Crippen molar-refractivity contribution in [3.63, 3.8) is 0 Å². The summed E-state index contributed by atoms with van der Waals surface area (Å²) >= 11 is 1.49. The summed E-state index contributed by atoms with van der Waals surface area (Å²) in [5.41, 5.74) is 5.11. The maximum absolute atomic E-state index is 11.6. The number of hydrogen-bond acceptors (Lipinski definition) is 7. The molecular weight excluding hydrogens is 248 g/mol. The largest absolute Gasteiger partial charge is 0.480 e. The Morgan fingerprint density at radius 3 is 2.76 bits per heavy atom. The normalized spacial score (nSPS) is 12.1. The fourth-order valence-electron chi connectivity index (χ4n) is 1.07. The molecular formula is C8H12N4O4S. The van der Waals surface area contributed by atoms with E-state index >= 15 is 0 Å². The van der Waals surface area contributed by atoms with Gasteiger partial charge in [0.05, 0.1) is 0 Å². The minimum Gasteiger partial charge on any atom is -0.480 e. The fraction of sp³-hybridized carbons (Fsp3) is 0.500. The average Bonchev–Trinajstić information content (AvgIpc) is 2.70. The number of amides is 1. The third kappa shape index (κ3) is 3.63. The van der Waals surface area contributed by atoms with Gasteiger partial charge in [-0.1, -0.05) is 0 Å². The van der Waals surface area contributed by atoms with Crippen LogP contribution in [0.5, 0.6) is 0 Å². The minimum atomic E-state index is -1.11. The van der Waals surface area contributed by atoms with Crippen molar-refractivity contribution in [1.82, 2.24) is 15.6 Å². The van der Waals surface area contributed by atoms with Gasteiger partial charge < -0.3 is 16.2 Å². The molecule has 0 bridgehead atoms. The van der Waals surface area contributed by atoms with E-state index < -0.39 is 17.9 Å². The SMILES string of the molecule is CSCC[C@@H](NC(=O)c1nonc1N)C(=O)O. The summed E-state index contributed by atoms with van der Waals surface area (Å²) in [6.07, 6.45) is 2.16. The number of anilines is 1. The van der Waals surface area contributed by atoms with Crippen molar-refractivity contribution in [3.8, 4) is 0 Å². The van der Waals surface area contributed by atoms with Crippen molar-refractivity contribution in [2.75, 3.05) is 17.7 Å². The fourth-order valence-corrected chi connectivity index (χ4v) is 1.54. The lowest BCUT2D eigenvalue weighted by Gasteiger charge is -2.12. The topological polar surface area (TPSA) is 131 Å². The molecule has 0 saturated carbocycles. The number of nitrogens with zero attached hydrogens (tertiary/aromatic N) is 2. The highest BCUT2D eigenvalue weighted by atomic mass is 32.2. The number of carbonyl (C=O) groups excluding carboxylic acids is 1. The molecule has 0 spiro atoms. The molecule has 0 radical (unpaired) electrons. The van der Waals surface area contributed by atoms with Gasteiger partial charge in [-0.3, -0.25) is 4.79 Å². The number of carbonyl (C=O) groups is 2. The van der Waals surface area contributed by atoms with Crippen molar-refractivity contribution < 1.29 is 19.3 Å². The molecule has 1 aromatic rings. The number of nitrogen functional groups attached to an aromatic ring is 1. The van der Waals surface area contributed by atoms with Crippen molar-refractivity contribution in [3.05, 3.63) is 5.69 Å². The van der Waals surface area contributed by atoms with Gasteiger partial charge in [-0.25, -0.2) is 9.42 Å². The van der Waals surface area contributed by atoms with Gasteiger partial charge >= 0.3 is 5.97 Å². The van der Waals surface area contributed by atoms with Crippen molar-refractivity contribution in [1.29, 1.82) is 0 Å². The molecule has 0 aliphatic carbocycles. The Balaban J connectivity index is 2.64. The van der Waals surface area contributed by atoms with Crippen LogP contribution >= 0.6 is 11.8 Å². The number of aromatic nitrogens is 2. The quantitative estimate of drug-likeness (QED) is 0.628. The molecule has 0 aliphatic heterocycles. The minimum absolute atomic E-state index is 0.170. The predicted octanol–water partition coefficient (Wildman–Crippen LogP) is -0.412. The molecule has 4 N–H and O–H groups in total. The van der Waals surface area contributed by atoms with Crippen LogP contribution in [0.25, 0.3) is 0 Å². The third-order valence-corrected chi connectivity index (χ3v) is 2.59. The van der Waals surface area contributed by atoms with Crippen LogP contribution in [0.3, 0.4) is 0 Å². The zero-order valence-electron chi connectivity index (χ0n) is 9.04. The first-order valence-electron chi connectivity index (χ1n) is 4.67. The number of thioether (sulfide) groups is 1. The van der Waals surface area contributed by atoms with Crippen LogP contribution in [-0.2, 0) is 4.79 Å². The summed E-state index contributed by atoms with van der Waals surface area (Å²) in [7, 11) is 0. The number of aliphatic carboxylic acids is 1. The molecule has 0 aromatic carbocycles. The van der Waals surface area contributed by atoms with Gasteiger partial charge in [0.15, 0.2) is 0 Å². The molecule has 1 amide bonds. The van der Waals surface area contributed by atoms with E-state index in [9.17, 15) is 9.59 Å². The van der Waals surface area contributed by atoms with E-state index in [-0.39, 0.29) is 11.5 Å². The van der Waals surface area contributed by atoms with Gasteiger partial charge in [-0.2, -0.15) is 11.8 Å². The summed E-state index contributed by atoms with van der Waals surface area (Å²) in [5.74, 6) is -1.37. The van der Waals surface area contributed by atoms with E-state index in [0.717, 1.165) is 0 Å². The smallest absolute Gasteiger partial charge is 0.326 e. The highest BCUT2D eigenvalue weighted by Crippen LogP contribution is 2.06. The number of nitrogens with two attached hydrogens (primary N) is 1. The summed E-state index contributed by atoms with van der Waals surface area (Å²) < 4.78 is 4.25. The first kappa shape index (κ1) is 13.3. The number of carboxylic acids is 1. The Morgan fingerprint density at radius 1 is 1.59 bits per heavy atom. The lowest BCUT2D eigenvalue weighted by molar-refractivity contribution is -0.139. The number of rotatable bonds is 6. The molecule has 94 valence electrons. The zero-order chi connectivity index (χ0) is 12.8. The van der Waals surface area contributed by atoms with Crippen LogP contribution in [-0.4, -0.2) is 45.3 Å². The number of nitrogens with one attached hydrogen (secondary N) is 1. The van der Waals surface area contributed by atoms with Crippen molar-refractivity contribution in [2.24, 2.45) is 0 Å². The predicted molar refractivity (Wildman–Crippen MR) is 60.6 cm³/mol. The second kappa shape index (κ2) is 6.09. The van der Waals surface area contributed by atoms with Gasteiger partial charge in [-0.15, -0.1) is 0 Å². The zero-order valence-corrected chi connectivity index (χ0v) is 9.86. The number of carboxylic acid groups (broad SMARTS) is 1. The van der Waals surface area contributed by atoms with Crippen LogP contribution in [0.2, 0.25) is 0 Å². The summed E-state index contributed by atoms with van der Waals surface area (Å²) in [5, 5.41) is 17.7. The Labute approximate surface area is 101 Å². The van der Waals surface area contributed by atoms with Crippen molar-refractivity contribution >= 4 is 29.5 Å². The second-order valence-corrected chi connectivity index (χ2v) is 4.13. The van der Waals surface area contributed by atoms with E-state index in [0.29, 0.717) is 12.2 Å². The molecule has 1 rings (SSSR count). The Bertz CT molecular complexity index is 408. The monoisotopic (exact) mass is 260 g/mol. The lowest BCUT2D eigenvalue weighted by Crippen LogP contribution is -2.41. The molecule has 1 heterocycles. The van der Waals surface area contributed by atoms with Gasteiger partial charge in [0, 0.05) is 0 Å². The highest BCUT2D eigenvalue weighted by molar-refractivity contribution is 7.98. The van der Waals surface area contributed by atoms with Gasteiger partial charge in [0.25, 0.3) is 5.91 Å². The highest BCUT2D eigenvalue weighted by Gasteiger charge is 2.23. The van der Waals surface area contributed by atoms with E-state index in [4.69, 9.17) is 10.8 Å². The van der Waals surface area contributed by atoms with E-state index in [1.807, 2.05) is 6.26 Å². The average molecular weight is 260 g/mol. The Kier molecular flexibility index (Phi) is 4.76. The third-order valence-electron chi connectivity index (χ3n) is 1.94. The first-order chi connectivity index (χ1) is 8.06. The van der Waals surface area contributed by atoms with E-state index in [2.05, 4.69) is 20.3 Å². The van der Waals surface area contributed by atoms with Crippen LogP contribution in [0, 0.1) is 0 Å². The summed E-state index contributed by atoms with van der Waals surface area (Å²) in [4.78, 5) is 22.5. The van der Waals surface area contributed by atoms with Crippen LogP contribution in [0.1, 0.15) is 16.9 Å². The summed E-state index contributed by atoms with van der Waals surface area (Å²) in [6, 6.07) is -0.981. The Hall–Kier alpha value is -1.77. The van der Waals surface area contributed by atoms with Gasteiger partial charge in [0.2, 0.25) is 11.5 Å². The molecule has 9 heteroatoms. The molecule has 0 saturated heterocycles. The second-order valence-electron chi connectivity index (χ2n) is 3.14. The molecule has 0 unspecified atom stereocenters. The van der Waals surface area contributed by atoms with Gasteiger partial charge in [-0.05, 0) is 28.7 Å². The van der Waals surface area contributed by atoms with Crippen LogP contribution in [0.4, 0.5) is 5.82 Å². The maximum atomic E-state index is 11.6. The molecule has 0 aliphatic rings. The number of hydrogen-bond donors (Lipinski definition) is 3. The van der Waals surface area contributed by atoms with Crippen molar-refractivity contribution in [2.45, 2.75) is 12.5 Å². The molecule has 1 aromatic heterocycles. The van der Waals surface area contributed by atoms with Gasteiger partial charge in [0.1, 0.15) is 6.04 Å². The molecule has 0 fully saturated rings. The molecule has 17 heavy (non-hydrogen) atoms. The van der Waals surface area contributed by atoms with E-state index in [1.54, 1.807) is 0 Å². The van der Waals surface area contributed by atoms with Crippen LogP contribution in [0.15, 0.2) is 4.63 Å². The molecule has 8 nitrogen and oxygen atoms in total. The maximum Gasteiger partial charge on any atom is 0.326 e. The van der Waals surface area contributed by atoms with E-state index in [1.165, 1.54) is 11.8 Å².